The molecule has 3 rings (SSSR count). The highest BCUT2D eigenvalue weighted by Crippen LogP contribution is 2.15. The zero-order valence-electron chi connectivity index (χ0n) is 15.8. The quantitative estimate of drug-likeness (QED) is 0.655. The first kappa shape index (κ1) is 20.4. The molecule has 1 saturated heterocycles. The molecule has 0 spiro atoms. The molecule has 28 heavy (non-hydrogen) atoms. The van der Waals surface area contributed by atoms with Crippen LogP contribution in [0.25, 0.3) is 0 Å². The van der Waals surface area contributed by atoms with Gasteiger partial charge in [0.25, 0.3) is 5.91 Å². The van der Waals surface area contributed by atoms with Crippen LogP contribution in [0.4, 0.5) is 0 Å². The second kappa shape index (κ2) is 10.3. The molecule has 0 bridgehead atoms. The smallest absolute Gasteiger partial charge is 0.251 e. The lowest BCUT2D eigenvalue weighted by molar-refractivity contribution is -0.132. The van der Waals surface area contributed by atoms with E-state index in [1.54, 1.807) is 12.1 Å². The highest BCUT2D eigenvalue weighted by molar-refractivity contribution is 9.10. The van der Waals surface area contributed by atoms with Gasteiger partial charge in [0.15, 0.2) is 0 Å². The number of amides is 2. The molecule has 1 heterocycles. The molecule has 0 saturated carbocycles. The first-order valence-electron chi connectivity index (χ1n) is 9.64. The number of piperidine rings is 1. The minimum atomic E-state index is -0.0599. The lowest BCUT2D eigenvalue weighted by Gasteiger charge is -2.32. The van der Waals surface area contributed by atoms with Crippen LogP contribution in [0.1, 0.15) is 36.0 Å². The summed E-state index contributed by atoms with van der Waals surface area (Å²) in [5, 5.41) is 3.07. The van der Waals surface area contributed by atoms with E-state index in [0.29, 0.717) is 38.1 Å². The van der Waals surface area contributed by atoms with Gasteiger partial charge in [0.05, 0.1) is 6.61 Å². The molecule has 0 aromatic heterocycles. The Balaban J connectivity index is 1.34. The molecule has 1 N–H and O–H groups in total. The van der Waals surface area contributed by atoms with E-state index in [2.05, 4.69) is 21.2 Å². The predicted octanol–water partition coefficient (Wildman–Crippen LogP) is 4.03. The van der Waals surface area contributed by atoms with Crippen molar-refractivity contribution in [2.75, 3.05) is 19.7 Å². The molecule has 5 nitrogen and oxygen atoms in total. The van der Waals surface area contributed by atoms with Crippen LogP contribution in [-0.4, -0.2) is 42.5 Å². The third-order valence-electron chi connectivity index (χ3n) is 4.84. The Morgan fingerprint density at radius 1 is 1.04 bits per heavy atom. The maximum Gasteiger partial charge on any atom is 0.251 e. The summed E-state index contributed by atoms with van der Waals surface area (Å²) in [5.74, 6) is 0.932. The van der Waals surface area contributed by atoms with Crippen LogP contribution in [0.5, 0.6) is 5.75 Å². The van der Waals surface area contributed by atoms with Crippen LogP contribution in [0.15, 0.2) is 59.1 Å². The van der Waals surface area contributed by atoms with Gasteiger partial charge in [-0.2, -0.15) is 0 Å². The fourth-order valence-electron chi connectivity index (χ4n) is 3.23. The Hall–Kier alpha value is -2.34. The van der Waals surface area contributed by atoms with Crippen molar-refractivity contribution >= 4 is 27.7 Å². The number of halogens is 1. The number of ether oxygens (including phenoxy) is 1. The number of para-hydroxylation sites is 1. The van der Waals surface area contributed by atoms with Gasteiger partial charge in [-0.25, -0.2) is 0 Å². The molecule has 2 amide bonds. The molecule has 0 radical (unpaired) electrons. The third-order valence-corrected chi connectivity index (χ3v) is 5.36. The fourth-order valence-corrected chi connectivity index (χ4v) is 3.50. The average Bonchev–Trinajstić information content (AvgIpc) is 2.73. The van der Waals surface area contributed by atoms with E-state index in [0.717, 1.165) is 23.1 Å². The number of benzene rings is 2. The van der Waals surface area contributed by atoms with Crippen LogP contribution in [0, 0.1) is 0 Å². The second-order valence-corrected chi connectivity index (χ2v) is 7.82. The summed E-state index contributed by atoms with van der Waals surface area (Å²) in [6, 6.07) is 17.1. The summed E-state index contributed by atoms with van der Waals surface area (Å²) in [6.07, 6.45) is 2.76. The van der Waals surface area contributed by atoms with Gasteiger partial charge in [0, 0.05) is 35.6 Å². The normalized spacial score (nSPS) is 14.5. The van der Waals surface area contributed by atoms with Gasteiger partial charge < -0.3 is 15.0 Å². The molecule has 148 valence electrons. The van der Waals surface area contributed by atoms with Crippen molar-refractivity contribution < 1.29 is 14.3 Å². The van der Waals surface area contributed by atoms with Crippen molar-refractivity contribution in [1.82, 2.24) is 10.2 Å². The number of hydrogen-bond donors (Lipinski definition) is 1. The Morgan fingerprint density at radius 3 is 2.39 bits per heavy atom. The number of carbonyl (C=O) groups excluding carboxylic acids is 2. The molecule has 0 unspecified atom stereocenters. The molecule has 1 fully saturated rings. The largest absolute Gasteiger partial charge is 0.494 e. The maximum absolute atomic E-state index is 12.4. The van der Waals surface area contributed by atoms with Crippen LogP contribution in [-0.2, 0) is 4.79 Å². The van der Waals surface area contributed by atoms with E-state index in [1.165, 1.54) is 0 Å². The lowest BCUT2D eigenvalue weighted by Crippen LogP contribution is -2.46. The van der Waals surface area contributed by atoms with Crippen molar-refractivity contribution in [2.45, 2.75) is 31.7 Å². The van der Waals surface area contributed by atoms with Crippen molar-refractivity contribution in [3.63, 3.8) is 0 Å². The maximum atomic E-state index is 12.4. The monoisotopic (exact) mass is 444 g/mol. The minimum Gasteiger partial charge on any atom is -0.494 e. The van der Waals surface area contributed by atoms with Crippen LogP contribution < -0.4 is 10.1 Å². The highest BCUT2D eigenvalue weighted by Gasteiger charge is 2.23. The summed E-state index contributed by atoms with van der Waals surface area (Å²) in [4.78, 5) is 26.6. The van der Waals surface area contributed by atoms with Gasteiger partial charge in [0.2, 0.25) is 5.91 Å². The van der Waals surface area contributed by atoms with E-state index < -0.39 is 0 Å². The van der Waals surface area contributed by atoms with Gasteiger partial charge >= 0.3 is 0 Å². The van der Waals surface area contributed by atoms with Crippen LogP contribution >= 0.6 is 15.9 Å². The first-order chi connectivity index (χ1) is 13.6. The van der Waals surface area contributed by atoms with Crippen molar-refractivity contribution in [3.05, 3.63) is 64.6 Å². The zero-order valence-corrected chi connectivity index (χ0v) is 17.4. The lowest BCUT2D eigenvalue weighted by atomic mass is 10.0. The summed E-state index contributed by atoms with van der Waals surface area (Å²) < 4.78 is 6.58. The molecule has 2 aromatic rings. The van der Waals surface area contributed by atoms with Crippen LogP contribution in [0.2, 0.25) is 0 Å². The molecule has 0 aliphatic carbocycles. The Kier molecular flexibility index (Phi) is 7.48. The van der Waals surface area contributed by atoms with E-state index in [9.17, 15) is 9.59 Å². The summed E-state index contributed by atoms with van der Waals surface area (Å²) in [7, 11) is 0. The predicted molar refractivity (Wildman–Crippen MR) is 112 cm³/mol. The highest BCUT2D eigenvalue weighted by atomic mass is 79.9. The Morgan fingerprint density at radius 2 is 1.71 bits per heavy atom. The van der Waals surface area contributed by atoms with Gasteiger partial charge in [0.1, 0.15) is 5.75 Å². The van der Waals surface area contributed by atoms with E-state index >= 15 is 0 Å². The number of likely N-dealkylation sites (tertiary alicyclic amines) is 1. The van der Waals surface area contributed by atoms with E-state index in [4.69, 9.17) is 4.74 Å². The first-order valence-corrected chi connectivity index (χ1v) is 10.4. The summed E-state index contributed by atoms with van der Waals surface area (Å²) in [6.45, 7) is 1.91. The second-order valence-electron chi connectivity index (χ2n) is 6.90. The van der Waals surface area contributed by atoms with Crippen LogP contribution in [0.3, 0.4) is 0 Å². The van der Waals surface area contributed by atoms with Crippen molar-refractivity contribution in [3.8, 4) is 5.75 Å². The molecular formula is C22H25BrN2O3. The topological polar surface area (TPSA) is 58.6 Å². The number of hydrogen-bond acceptors (Lipinski definition) is 3. The van der Waals surface area contributed by atoms with Crippen molar-refractivity contribution in [1.29, 1.82) is 0 Å². The van der Waals surface area contributed by atoms with Gasteiger partial charge in [-0.15, -0.1) is 0 Å². The standard InChI is InChI=1S/C22H25BrN2O3/c23-18-10-8-17(9-11-18)22(27)24-19-12-14-25(15-13-19)21(26)7-4-16-28-20-5-2-1-3-6-20/h1-3,5-6,8-11,19H,4,7,12-16H2,(H,24,27). The SMILES string of the molecule is O=C(NC1CCN(C(=O)CCCOc2ccccc2)CC1)c1ccc(Br)cc1. The number of rotatable bonds is 7. The van der Waals surface area contributed by atoms with E-state index in [1.807, 2.05) is 47.4 Å². The molecule has 1 aliphatic rings. The molecule has 1 aliphatic heterocycles. The van der Waals surface area contributed by atoms with E-state index in [-0.39, 0.29) is 17.9 Å². The molecular weight excluding hydrogens is 420 g/mol. The summed E-state index contributed by atoms with van der Waals surface area (Å²) >= 11 is 3.37. The van der Waals surface area contributed by atoms with Gasteiger partial charge in [-0.05, 0) is 55.7 Å². The zero-order chi connectivity index (χ0) is 19.8. The fraction of sp³-hybridized carbons (Fsp3) is 0.364. The Labute approximate surface area is 174 Å². The average molecular weight is 445 g/mol. The minimum absolute atomic E-state index is 0.0599. The number of carbonyl (C=O) groups is 2. The molecule has 6 heteroatoms. The summed E-state index contributed by atoms with van der Waals surface area (Å²) in [5.41, 5.74) is 0.653. The van der Waals surface area contributed by atoms with Gasteiger partial charge in [-0.1, -0.05) is 34.1 Å². The third kappa shape index (κ3) is 6.09. The number of nitrogens with one attached hydrogen (secondary N) is 1. The van der Waals surface area contributed by atoms with Crippen molar-refractivity contribution in [2.24, 2.45) is 0 Å². The molecule has 2 aromatic carbocycles. The number of nitrogens with zero attached hydrogens (tertiary/aromatic N) is 1. The van der Waals surface area contributed by atoms with Gasteiger partial charge in [-0.3, -0.25) is 9.59 Å². The Bertz CT molecular complexity index is 772. The molecule has 0 atom stereocenters.